The molecule has 0 amide bonds. The van der Waals surface area contributed by atoms with E-state index in [1.807, 2.05) is 24.3 Å². The number of hydrogen-bond acceptors (Lipinski definition) is 7. The van der Waals surface area contributed by atoms with E-state index in [9.17, 15) is 14.0 Å². The van der Waals surface area contributed by atoms with Gasteiger partial charge in [0.1, 0.15) is 12.4 Å². The summed E-state index contributed by atoms with van der Waals surface area (Å²) in [6, 6.07) is 17.6. The second-order valence-electron chi connectivity index (χ2n) is 9.15. The number of hydrogen-bond donors (Lipinski definition) is 0. The normalized spacial score (nSPS) is 14.9. The molecule has 5 rings (SSSR count). The van der Waals surface area contributed by atoms with Crippen LogP contribution < -0.4 is 24.4 Å². The topological polar surface area (TPSA) is 79.1 Å². The van der Waals surface area contributed by atoms with Crippen LogP contribution in [0.5, 0.6) is 11.5 Å². The summed E-state index contributed by atoms with van der Waals surface area (Å²) in [4.78, 5) is 32.0. The van der Waals surface area contributed by atoms with Crippen molar-refractivity contribution < 1.29 is 23.4 Å². The van der Waals surface area contributed by atoms with Crippen LogP contribution in [0.25, 0.3) is 6.08 Å². The van der Waals surface area contributed by atoms with Gasteiger partial charge in [0.05, 0.1) is 35.6 Å². The van der Waals surface area contributed by atoms with Gasteiger partial charge in [-0.2, -0.15) is 0 Å². The fourth-order valence-corrected chi connectivity index (χ4v) is 5.89. The lowest BCUT2D eigenvalue weighted by Crippen LogP contribution is -2.39. The number of fused-ring (bicyclic) bond motifs is 1. The van der Waals surface area contributed by atoms with Crippen molar-refractivity contribution in [3.05, 3.63) is 125 Å². The van der Waals surface area contributed by atoms with E-state index >= 15 is 0 Å². The van der Waals surface area contributed by atoms with Crippen LogP contribution in [0.2, 0.25) is 5.02 Å². The van der Waals surface area contributed by atoms with Crippen molar-refractivity contribution in [1.82, 2.24) is 4.57 Å². The Labute approximate surface area is 244 Å². The molecule has 3 aromatic carbocycles. The van der Waals surface area contributed by atoms with Crippen molar-refractivity contribution in [2.75, 3.05) is 13.7 Å². The molecule has 0 unspecified atom stereocenters. The lowest BCUT2D eigenvalue weighted by molar-refractivity contribution is -0.139. The zero-order chi connectivity index (χ0) is 29.1. The molecule has 1 aliphatic heterocycles. The molecule has 10 heteroatoms. The minimum absolute atomic E-state index is 0.157. The number of thiazole rings is 1. The van der Waals surface area contributed by atoms with Crippen LogP contribution >= 0.6 is 22.9 Å². The second-order valence-corrected chi connectivity index (χ2v) is 10.6. The minimum Gasteiger partial charge on any atom is -0.493 e. The van der Waals surface area contributed by atoms with Crippen molar-refractivity contribution in [3.63, 3.8) is 0 Å². The summed E-state index contributed by atoms with van der Waals surface area (Å²) < 4.78 is 32.6. The summed E-state index contributed by atoms with van der Waals surface area (Å²) in [7, 11) is 1.54. The maximum Gasteiger partial charge on any atom is 0.338 e. The third-order valence-electron chi connectivity index (χ3n) is 6.49. The molecule has 41 heavy (non-hydrogen) atoms. The van der Waals surface area contributed by atoms with Gasteiger partial charge in [-0.1, -0.05) is 59.3 Å². The lowest BCUT2D eigenvalue weighted by Gasteiger charge is -2.24. The van der Waals surface area contributed by atoms with Crippen LogP contribution in [0.15, 0.2) is 87.8 Å². The number of carbonyl (C=O) groups excluding carboxylic acids is 1. The Morgan fingerprint density at radius 2 is 1.90 bits per heavy atom. The summed E-state index contributed by atoms with van der Waals surface area (Å²) >= 11 is 7.31. The van der Waals surface area contributed by atoms with Gasteiger partial charge in [-0.05, 0) is 61.4 Å². The Balaban J connectivity index is 1.64. The van der Waals surface area contributed by atoms with E-state index in [1.165, 1.54) is 28.0 Å². The number of halogens is 2. The molecule has 0 fully saturated rings. The number of allylic oxidation sites excluding steroid dienone is 1. The lowest BCUT2D eigenvalue weighted by atomic mass is 9.96. The average molecular weight is 593 g/mol. The van der Waals surface area contributed by atoms with Crippen LogP contribution in [-0.2, 0) is 16.1 Å². The number of benzene rings is 3. The van der Waals surface area contributed by atoms with Gasteiger partial charge < -0.3 is 14.2 Å². The third kappa shape index (κ3) is 5.82. The van der Waals surface area contributed by atoms with Gasteiger partial charge in [-0.15, -0.1) is 0 Å². The molecule has 0 saturated heterocycles. The highest BCUT2D eigenvalue weighted by Gasteiger charge is 2.33. The molecule has 1 atom stereocenters. The SMILES string of the molecule is CCOC(=O)C1=C(C)N=c2s/c(=C\c3cccc(OC)c3OCc3cccc(Cl)c3)c(=O)n2[C@H]1c1ccc(F)cc1. The van der Waals surface area contributed by atoms with Crippen LogP contribution in [-0.4, -0.2) is 24.3 Å². The highest BCUT2D eigenvalue weighted by molar-refractivity contribution is 7.07. The number of rotatable bonds is 8. The van der Waals surface area contributed by atoms with E-state index in [2.05, 4.69) is 4.99 Å². The molecule has 210 valence electrons. The van der Waals surface area contributed by atoms with E-state index in [0.717, 1.165) is 5.56 Å². The molecule has 0 aliphatic carbocycles. The number of nitrogens with zero attached hydrogens (tertiary/aromatic N) is 2. The first-order valence-corrected chi connectivity index (χ1v) is 14.0. The van der Waals surface area contributed by atoms with E-state index in [4.69, 9.17) is 25.8 Å². The Morgan fingerprint density at radius 1 is 1.15 bits per heavy atom. The molecule has 7 nitrogen and oxygen atoms in total. The summed E-state index contributed by atoms with van der Waals surface area (Å²) in [5.41, 5.74) is 2.34. The van der Waals surface area contributed by atoms with Crippen LogP contribution in [0.4, 0.5) is 4.39 Å². The molecule has 0 radical (unpaired) electrons. The first-order valence-electron chi connectivity index (χ1n) is 12.8. The maximum atomic E-state index is 13.9. The summed E-state index contributed by atoms with van der Waals surface area (Å²) in [5.74, 6) is -0.0535. The number of carbonyl (C=O) groups is 1. The largest absolute Gasteiger partial charge is 0.493 e. The second kappa shape index (κ2) is 12.1. The predicted molar refractivity (Wildman–Crippen MR) is 156 cm³/mol. The Morgan fingerprint density at radius 3 is 2.61 bits per heavy atom. The summed E-state index contributed by atoms with van der Waals surface area (Å²) in [6.07, 6.45) is 1.71. The monoisotopic (exact) mass is 592 g/mol. The van der Waals surface area contributed by atoms with Crippen LogP contribution in [0.1, 0.15) is 36.6 Å². The number of esters is 1. The summed E-state index contributed by atoms with van der Waals surface area (Å²) in [5, 5.41) is 0.598. The molecule has 0 spiro atoms. The standard InChI is InChI=1S/C31H26ClFN2O5S/c1-4-39-30(37)26-18(2)34-31-35(27(26)20-11-13-23(33)14-12-20)29(36)25(41-31)16-21-8-6-10-24(38-3)28(21)40-17-19-7-5-9-22(32)15-19/h5-16,27H,4,17H2,1-3H3/b25-16-/t27-/m0/s1. The zero-order valence-corrected chi connectivity index (χ0v) is 24.1. The highest BCUT2D eigenvalue weighted by atomic mass is 35.5. The molecule has 2 heterocycles. The van der Waals surface area contributed by atoms with Crippen molar-refractivity contribution in [1.29, 1.82) is 0 Å². The maximum absolute atomic E-state index is 13.9. The molecular weight excluding hydrogens is 567 g/mol. The van der Waals surface area contributed by atoms with Crippen molar-refractivity contribution in [3.8, 4) is 11.5 Å². The quantitative estimate of drug-likeness (QED) is 0.264. The first kappa shape index (κ1) is 28.3. The fourth-order valence-electron chi connectivity index (χ4n) is 4.64. The Hall–Kier alpha value is -4.21. The van der Waals surface area contributed by atoms with Gasteiger partial charge in [0.2, 0.25) is 0 Å². The first-order chi connectivity index (χ1) is 19.8. The van der Waals surface area contributed by atoms with Gasteiger partial charge in [-0.25, -0.2) is 14.2 Å². The van der Waals surface area contributed by atoms with E-state index < -0.39 is 17.8 Å². The van der Waals surface area contributed by atoms with Gasteiger partial charge in [0, 0.05) is 10.6 Å². The van der Waals surface area contributed by atoms with E-state index in [0.29, 0.717) is 42.7 Å². The van der Waals surface area contributed by atoms with Crippen molar-refractivity contribution in [2.24, 2.45) is 4.99 Å². The molecule has 0 saturated carbocycles. The molecule has 0 N–H and O–H groups in total. The van der Waals surface area contributed by atoms with Crippen molar-refractivity contribution in [2.45, 2.75) is 26.5 Å². The fraction of sp³-hybridized carbons (Fsp3) is 0.194. The minimum atomic E-state index is -0.836. The smallest absolute Gasteiger partial charge is 0.338 e. The van der Waals surface area contributed by atoms with Gasteiger partial charge >= 0.3 is 5.97 Å². The molecule has 1 aromatic heterocycles. The molecular formula is C31H26ClFN2O5S. The average Bonchev–Trinajstić information content (AvgIpc) is 3.26. The molecule has 1 aliphatic rings. The number of ether oxygens (including phenoxy) is 3. The van der Waals surface area contributed by atoms with Gasteiger partial charge in [-0.3, -0.25) is 9.36 Å². The van der Waals surface area contributed by atoms with Gasteiger partial charge in [0.25, 0.3) is 5.56 Å². The van der Waals surface area contributed by atoms with Gasteiger partial charge in [0.15, 0.2) is 16.3 Å². The Bertz CT molecular complexity index is 1830. The number of aromatic nitrogens is 1. The number of para-hydroxylation sites is 1. The predicted octanol–water partition coefficient (Wildman–Crippen LogP) is 5.18. The zero-order valence-electron chi connectivity index (χ0n) is 22.5. The van der Waals surface area contributed by atoms with E-state index in [1.54, 1.807) is 57.4 Å². The molecule has 4 aromatic rings. The van der Waals surface area contributed by atoms with Crippen LogP contribution in [0, 0.1) is 5.82 Å². The highest BCUT2D eigenvalue weighted by Crippen LogP contribution is 2.33. The van der Waals surface area contributed by atoms with E-state index in [-0.39, 0.29) is 24.3 Å². The molecule has 0 bridgehead atoms. The number of methoxy groups -OCH3 is 1. The summed E-state index contributed by atoms with van der Waals surface area (Å²) in [6.45, 7) is 3.79. The third-order valence-corrected chi connectivity index (χ3v) is 7.71. The Kier molecular flexibility index (Phi) is 8.37. The van der Waals surface area contributed by atoms with Crippen LogP contribution in [0.3, 0.4) is 0 Å². The van der Waals surface area contributed by atoms with Crippen molar-refractivity contribution >= 4 is 35.0 Å².